The van der Waals surface area contributed by atoms with E-state index in [0.29, 0.717) is 4.90 Å². The lowest BCUT2D eigenvalue weighted by molar-refractivity contribution is -0.387. The summed E-state index contributed by atoms with van der Waals surface area (Å²) < 4.78 is 1.85. The van der Waals surface area contributed by atoms with E-state index in [4.69, 9.17) is 0 Å². The SMILES string of the molecule is O=[N+]([O-])c1cc(I)ccc1Sc1ccc(Br)cc1. The smallest absolute Gasteiger partial charge is 0.258 e. The maximum atomic E-state index is 11.0. The van der Waals surface area contributed by atoms with Gasteiger partial charge in [-0.3, -0.25) is 10.1 Å². The van der Waals surface area contributed by atoms with Gasteiger partial charge in [0.1, 0.15) is 0 Å². The molecule has 0 unspecified atom stereocenters. The Kier molecular flexibility index (Phi) is 4.63. The second-order valence-corrected chi connectivity index (χ2v) is 6.70. The molecule has 2 aromatic carbocycles. The molecule has 6 heteroatoms. The van der Waals surface area contributed by atoms with Crippen LogP contribution in [0.1, 0.15) is 0 Å². The van der Waals surface area contributed by atoms with Gasteiger partial charge in [0.05, 0.1) is 9.82 Å². The van der Waals surface area contributed by atoms with Crippen LogP contribution in [-0.4, -0.2) is 4.92 Å². The first-order chi connectivity index (χ1) is 8.56. The van der Waals surface area contributed by atoms with Gasteiger partial charge in [-0.25, -0.2) is 0 Å². The lowest BCUT2D eigenvalue weighted by atomic mass is 10.3. The van der Waals surface area contributed by atoms with E-state index in [1.807, 2.05) is 30.3 Å². The molecule has 0 aliphatic rings. The number of nitrogens with zero attached hydrogens (tertiary/aromatic N) is 1. The molecule has 0 aromatic heterocycles. The summed E-state index contributed by atoms with van der Waals surface area (Å²) in [5.41, 5.74) is 0.148. The van der Waals surface area contributed by atoms with E-state index in [0.717, 1.165) is 12.9 Å². The highest BCUT2D eigenvalue weighted by Gasteiger charge is 2.15. The monoisotopic (exact) mass is 435 g/mol. The third kappa shape index (κ3) is 3.46. The fourth-order valence-electron chi connectivity index (χ4n) is 1.35. The number of benzene rings is 2. The van der Waals surface area contributed by atoms with Gasteiger partial charge in [0, 0.05) is 19.0 Å². The quantitative estimate of drug-likeness (QED) is 0.382. The van der Waals surface area contributed by atoms with Crippen LogP contribution in [-0.2, 0) is 0 Å². The molecule has 0 radical (unpaired) electrons. The Bertz CT molecular complexity index is 589. The average Bonchev–Trinajstić information content (AvgIpc) is 2.34. The van der Waals surface area contributed by atoms with Crippen LogP contribution in [0.5, 0.6) is 0 Å². The van der Waals surface area contributed by atoms with Gasteiger partial charge in [0.2, 0.25) is 0 Å². The van der Waals surface area contributed by atoms with Gasteiger partial charge in [-0.15, -0.1) is 0 Å². The predicted octanol–water partition coefficient (Wildman–Crippen LogP) is 5.11. The van der Waals surface area contributed by atoms with Gasteiger partial charge < -0.3 is 0 Å². The molecule has 0 saturated heterocycles. The Morgan fingerprint density at radius 2 is 1.83 bits per heavy atom. The van der Waals surface area contributed by atoms with Gasteiger partial charge in [-0.1, -0.05) is 27.7 Å². The van der Waals surface area contributed by atoms with Crippen LogP contribution in [0.25, 0.3) is 0 Å². The Morgan fingerprint density at radius 3 is 2.44 bits per heavy atom. The summed E-state index contributed by atoms with van der Waals surface area (Å²) in [7, 11) is 0. The molecule has 0 atom stereocenters. The zero-order valence-electron chi connectivity index (χ0n) is 8.97. The van der Waals surface area contributed by atoms with Crippen molar-refractivity contribution < 1.29 is 4.92 Å². The number of rotatable bonds is 3. The van der Waals surface area contributed by atoms with Crippen molar-refractivity contribution in [3.63, 3.8) is 0 Å². The van der Waals surface area contributed by atoms with E-state index in [2.05, 4.69) is 38.5 Å². The van der Waals surface area contributed by atoms with Crippen molar-refractivity contribution in [2.75, 3.05) is 0 Å². The maximum absolute atomic E-state index is 11.0. The van der Waals surface area contributed by atoms with Crippen molar-refractivity contribution in [3.05, 3.63) is 60.6 Å². The van der Waals surface area contributed by atoms with Crippen molar-refractivity contribution >= 4 is 56.0 Å². The summed E-state index contributed by atoms with van der Waals surface area (Å²) in [6.45, 7) is 0. The Balaban J connectivity index is 2.34. The van der Waals surface area contributed by atoms with Crippen LogP contribution in [0.15, 0.2) is 56.7 Å². The second-order valence-electron chi connectivity index (χ2n) is 3.43. The molecular weight excluding hydrogens is 429 g/mol. The standard InChI is InChI=1S/C12H7BrINO2S/c13-8-1-4-10(5-2-8)18-12-6-3-9(14)7-11(12)15(16)17/h1-7H. The molecule has 0 saturated carbocycles. The third-order valence-electron chi connectivity index (χ3n) is 2.16. The van der Waals surface area contributed by atoms with Crippen LogP contribution in [0.3, 0.4) is 0 Å². The van der Waals surface area contributed by atoms with E-state index in [1.165, 1.54) is 11.8 Å². The number of nitro benzene ring substituents is 1. The zero-order valence-corrected chi connectivity index (χ0v) is 13.5. The summed E-state index contributed by atoms with van der Waals surface area (Å²) in [5, 5.41) is 11.0. The Hall–Kier alpha value is -0.600. The van der Waals surface area contributed by atoms with Crippen LogP contribution >= 0.6 is 50.3 Å². The Morgan fingerprint density at radius 1 is 1.17 bits per heavy atom. The molecule has 0 bridgehead atoms. The van der Waals surface area contributed by atoms with Gasteiger partial charge in [0.25, 0.3) is 5.69 Å². The first kappa shape index (κ1) is 13.8. The van der Waals surface area contributed by atoms with Crippen LogP contribution < -0.4 is 0 Å². The van der Waals surface area contributed by atoms with E-state index >= 15 is 0 Å². The van der Waals surface area contributed by atoms with Gasteiger partial charge in [-0.2, -0.15) is 0 Å². The average molecular weight is 436 g/mol. The topological polar surface area (TPSA) is 43.1 Å². The highest BCUT2D eigenvalue weighted by atomic mass is 127. The minimum atomic E-state index is -0.344. The predicted molar refractivity (Wildman–Crippen MR) is 84.1 cm³/mol. The molecule has 2 rings (SSSR count). The van der Waals surface area contributed by atoms with Crippen molar-refractivity contribution in [3.8, 4) is 0 Å². The van der Waals surface area contributed by atoms with Crippen molar-refractivity contribution in [1.29, 1.82) is 0 Å². The van der Waals surface area contributed by atoms with Crippen molar-refractivity contribution in [2.45, 2.75) is 9.79 Å². The van der Waals surface area contributed by atoms with E-state index in [-0.39, 0.29) is 10.6 Å². The molecule has 18 heavy (non-hydrogen) atoms. The van der Waals surface area contributed by atoms with Crippen molar-refractivity contribution in [2.24, 2.45) is 0 Å². The highest BCUT2D eigenvalue weighted by Crippen LogP contribution is 2.35. The van der Waals surface area contributed by atoms with Crippen LogP contribution in [0.2, 0.25) is 0 Å². The molecule has 0 N–H and O–H groups in total. The van der Waals surface area contributed by atoms with Gasteiger partial charge in [-0.05, 0) is 59.0 Å². The first-order valence-corrected chi connectivity index (χ1v) is 7.62. The molecule has 3 nitrogen and oxygen atoms in total. The van der Waals surface area contributed by atoms with E-state index < -0.39 is 0 Å². The summed E-state index contributed by atoms with van der Waals surface area (Å²) >= 11 is 6.82. The summed E-state index contributed by atoms with van der Waals surface area (Å²) in [4.78, 5) is 12.3. The molecule has 2 aromatic rings. The molecule has 0 fully saturated rings. The summed E-state index contributed by atoms with van der Waals surface area (Å²) in [6, 6.07) is 12.9. The number of hydrogen-bond acceptors (Lipinski definition) is 3. The largest absolute Gasteiger partial charge is 0.284 e. The number of halogens is 2. The second kappa shape index (κ2) is 6.03. The highest BCUT2D eigenvalue weighted by molar-refractivity contribution is 14.1. The lowest BCUT2D eigenvalue weighted by Crippen LogP contribution is -1.91. The van der Waals surface area contributed by atoms with Crippen LogP contribution in [0.4, 0.5) is 5.69 Å². The third-order valence-corrected chi connectivity index (χ3v) is 4.43. The lowest BCUT2D eigenvalue weighted by Gasteiger charge is -2.03. The van der Waals surface area contributed by atoms with Gasteiger partial charge in [0.15, 0.2) is 0 Å². The fourth-order valence-corrected chi connectivity index (χ4v) is 2.99. The molecule has 0 spiro atoms. The number of hydrogen-bond donors (Lipinski definition) is 0. The molecule has 0 aliphatic carbocycles. The van der Waals surface area contributed by atoms with Crippen LogP contribution in [0, 0.1) is 13.7 Å². The minimum Gasteiger partial charge on any atom is -0.258 e. The maximum Gasteiger partial charge on any atom is 0.284 e. The molecule has 0 heterocycles. The van der Waals surface area contributed by atoms with E-state index in [1.54, 1.807) is 12.1 Å². The van der Waals surface area contributed by atoms with Gasteiger partial charge >= 0.3 is 0 Å². The Labute approximate surface area is 130 Å². The first-order valence-electron chi connectivity index (χ1n) is 4.93. The zero-order chi connectivity index (χ0) is 13.1. The normalized spacial score (nSPS) is 10.3. The molecule has 0 aliphatic heterocycles. The molecule has 92 valence electrons. The summed E-state index contributed by atoms with van der Waals surface area (Å²) in [6.07, 6.45) is 0. The fraction of sp³-hybridized carbons (Fsp3) is 0. The molecule has 0 amide bonds. The van der Waals surface area contributed by atoms with E-state index in [9.17, 15) is 10.1 Å². The number of nitro groups is 1. The minimum absolute atomic E-state index is 0.148. The van der Waals surface area contributed by atoms with Crippen molar-refractivity contribution in [1.82, 2.24) is 0 Å². The summed E-state index contributed by atoms with van der Waals surface area (Å²) in [5.74, 6) is 0. The molecular formula is C12H7BrINO2S.